The van der Waals surface area contributed by atoms with E-state index >= 15 is 0 Å². The Bertz CT molecular complexity index is 356. The zero-order valence-corrected chi connectivity index (χ0v) is 10.3. The quantitative estimate of drug-likeness (QED) is 0.748. The fraction of sp³-hybridized carbons (Fsp3) is 0.615. The number of aliphatic hydroxyl groups is 1. The minimum absolute atomic E-state index is 0.149. The van der Waals surface area contributed by atoms with Crippen molar-refractivity contribution in [1.29, 1.82) is 0 Å². The van der Waals surface area contributed by atoms with Crippen LogP contribution < -0.4 is 10.6 Å². The van der Waals surface area contributed by atoms with Gasteiger partial charge >= 0.3 is 0 Å². The van der Waals surface area contributed by atoms with Crippen LogP contribution in [0.2, 0.25) is 0 Å². The average molecular weight is 235 g/mol. The van der Waals surface area contributed by atoms with Gasteiger partial charge in [0.15, 0.2) is 0 Å². The number of hydrogen-bond donors (Lipinski definition) is 3. The molecule has 1 saturated carbocycles. The highest BCUT2D eigenvalue weighted by Crippen LogP contribution is 2.24. The van der Waals surface area contributed by atoms with Gasteiger partial charge in [-0.1, -0.05) is 18.9 Å². The zero-order chi connectivity index (χ0) is 12.1. The number of anilines is 2. The Labute approximate surface area is 102 Å². The van der Waals surface area contributed by atoms with Crippen LogP contribution in [0.5, 0.6) is 0 Å². The van der Waals surface area contributed by atoms with Crippen LogP contribution in [0.25, 0.3) is 0 Å². The van der Waals surface area contributed by atoms with Gasteiger partial charge in [0.05, 0.1) is 6.10 Å². The maximum atomic E-state index is 9.87. The van der Waals surface area contributed by atoms with Crippen molar-refractivity contribution in [3.63, 3.8) is 0 Å². The Balaban J connectivity index is 1.88. The Kier molecular flexibility index (Phi) is 4.20. The van der Waals surface area contributed by atoms with Crippen LogP contribution in [-0.4, -0.2) is 29.8 Å². The smallest absolute Gasteiger partial charge is 0.128 e. The number of aliphatic hydroxyl groups excluding tert-OH is 1. The molecule has 1 aromatic heterocycles. The molecule has 0 amide bonds. The Hall–Kier alpha value is -1.29. The minimum atomic E-state index is -0.149. The second-order valence-corrected chi connectivity index (χ2v) is 4.65. The van der Waals surface area contributed by atoms with Gasteiger partial charge in [-0.15, -0.1) is 0 Å². The maximum absolute atomic E-state index is 9.87. The average Bonchev–Trinajstić information content (AvgIpc) is 2.38. The van der Waals surface area contributed by atoms with Crippen molar-refractivity contribution >= 4 is 11.6 Å². The van der Waals surface area contributed by atoms with Crippen LogP contribution in [0.3, 0.4) is 0 Å². The summed E-state index contributed by atoms with van der Waals surface area (Å²) in [6, 6.07) is 5.86. The van der Waals surface area contributed by atoms with Gasteiger partial charge in [0, 0.05) is 19.5 Å². The van der Waals surface area contributed by atoms with Gasteiger partial charge in [0.2, 0.25) is 0 Å². The summed E-state index contributed by atoms with van der Waals surface area (Å²) in [5, 5.41) is 16.2. The third-order valence-corrected chi connectivity index (χ3v) is 3.42. The van der Waals surface area contributed by atoms with Gasteiger partial charge in [-0.2, -0.15) is 0 Å². The van der Waals surface area contributed by atoms with E-state index in [2.05, 4.69) is 15.6 Å². The molecule has 0 radical (unpaired) electrons. The van der Waals surface area contributed by atoms with Gasteiger partial charge in [0.25, 0.3) is 0 Å². The SMILES string of the molecule is CNc1cccc(NCC2CCCCC2O)n1. The van der Waals surface area contributed by atoms with Crippen molar-refractivity contribution in [2.45, 2.75) is 31.8 Å². The normalized spacial score (nSPS) is 24.4. The standard InChI is InChI=1S/C13H21N3O/c1-14-12-7-4-8-13(16-12)15-9-10-5-2-3-6-11(10)17/h4,7-8,10-11,17H,2-3,5-6,9H2,1H3,(H2,14,15,16). The lowest BCUT2D eigenvalue weighted by Gasteiger charge is -2.27. The van der Waals surface area contributed by atoms with E-state index in [0.29, 0.717) is 5.92 Å². The summed E-state index contributed by atoms with van der Waals surface area (Å²) < 4.78 is 0. The molecule has 1 aromatic rings. The molecule has 0 aromatic carbocycles. The molecule has 4 nitrogen and oxygen atoms in total. The highest BCUT2D eigenvalue weighted by atomic mass is 16.3. The van der Waals surface area contributed by atoms with Gasteiger partial charge in [-0.25, -0.2) is 4.98 Å². The molecule has 2 unspecified atom stereocenters. The van der Waals surface area contributed by atoms with E-state index in [1.807, 2.05) is 25.2 Å². The molecule has 0 saturated heterocycles. The van der Waals surface area contributed by atoms with Crippen molar-refractivity contribution < 1.29 is 5.11 Å². The summed E-state index contributed by atoms with van der Waals surface area (Å²) in [6.45, 7) is 0.807. The van der Waals surface area contributed by atoms with E-state index in [9.17, 15) is 5.11 Å². The second kappa shape index (κ2) is 5.87. The van der Waals surface area contributed by atoms with E-state index in [1.165, 1.54) is 6.42 Å². The van der Waals surface area contributed by atoms with Crippen LogP contribution in [0, 0.1) is 5.92 Å². The summed E-state index contributed by atoms with van der Waals surface area (Å²) in [5.41, 5.74) is 0. The number of hydrogen-bond acceptors (Lipinski definition) is 4. The monoisotopic (exact) mass is 235 g/mol. The molecule has 94 valence electrons. The number of rotatable bonds is 4. The Morgan fingerprint density at radius 2 is 2.06 bits per heavy atom. The molecule has 0 bridgehead atoms. The lowest BCUT2D eigenvalue weighted by Crippen LogP contribution is -2.30. The summed E-state index contributed by atoms with van der Waals surface area (Å²) in [6.07, 6.45) is 4.29. The lowest BCUT2D eigenvalue weighted by atomic mass is 9.86. The molecular formula is C13H21N3O. The van der Waals surface area contributed by atoms with Crippen LogP contribution in [-0.2, 0) is 0 Å². The number of nitrogens with zero attached hydrogens (tertiary/aromatic N) is 1. The van der Waals surface area contributed by atoms with Crippen molar-refractivity contribution in [3.8, 4) is 0 Å². The molecule has 1 aliphatic rings. The molecule has 2 rings (SSSR count). The summed E-state index contributed by atoms with van der Waals surface area (Å²) in [5.74, 6) is 2.10. The number of pyridine rings is 1. The maximum Gasteiger partial charge on any atom is 0.128 e. The van der Waals surface area contributed by atoms with E-state index < -0.39 is 0 Å². The predicted octanol–water partition coefficient (Wildman–Crippen LogP) is 2.09. The third-order valence-electron chi connectivity index (χ3n) is 3.42. The summed E-state index contributed by atoms with van der Waals surface area (Å²) >= 11 is 0. The van der Waals surface area contributed by atoms with Crippen molar-refractivity contribution in [1.82, 2.24) is 4.98 Å². The van der Waals surface area contributed by atoms with Crippen LogP contribution in [0.1, 0.15) is 25.7 Å². The van der Waals surface area contributed by atoms with E-state index in [-0.39, 0.29) is 6.10 Å². The molecule has 1 aliphatic carbocycles. The first kappa shape index (κ1) is 12.2. The summed E-state index contributed by atoms with van der Waals surface area (Å²) in [4.78, 5) is 4.40. The third kappa shape index (κ3) is 3.33. The van der Waals surface area contributed by atoms with Gasteiger partial charge < -0.3 is 15.7 Å². The first-order valence-corrected chi connectivity index (χ1v) is 6.36. The fourth-order valence-corrected chi connectivity index (χ4v) is 2.33. The van der Waals surface area contributed by atoms with Gasteiger partial charge in [0.1, 0.15) is 11.6 Å². The lowest BCUT2D eigenvalue weighted by molar-refractivity contribution is 0.0763. The first-order chi connectivity index (χ1) is 8.29. The van der Waals surface area contributed by atoms with Crippen molar-refractivity contribution in [2.75, 3.05) is 24.2 Å². The van der Waals surface area contributed by atoms with Gasteiger partial charge in [-0.3, -0.25) is 0 Å². The molecule has 3 N–H and O–H groups in total. The van der Waals surface area contributed by atoms with E-state index in [1.54, 1.807) is 0 Å². The highest BCUT2D eigenvalue weighted by Gasteiger charge is 2.22. The van der Waals surface area contributed by atoms with Crippen LogP contribution >= 0.6 is 0 Å². The largest absolute Gasteiger partial charge is 0.393 e. The van der Waals surface area contributed by atoms with Gasteiger partial charge in [-0.05, 0) is 25.0 Å². The second-order valence-electron chi connectivity index (χ2n) is 4.65. The number of nitrogens with one attached hydrogen (secondary N) is 2. The van der Waals surface area contributed by atoms with Crippen molar-refractivity contribution in [3.05, 3.63) is 18.2 Å². The molecular weight excluding hydrogens is 214 g/mol. The minimum Gasteiger partial charge on any atom is -0.393 e. The molecule has 1 fully saturated rings. The van der Waals surface area contributed by atoms with Crippen molar-refractivity contribution in [2.24, 2.45) is 5.92 Å². The molecule has 2 atom stereocenters. The molecule has 1 heterocycles. The molecule has 4 heteroatoms. The fourth-order valence-electron chi connectivity index (χ4n) is 2.33. The first-order valence-electron chi connectivity index (χ1n) is 6.36. The Morgan fingerprint density at radius 1 is 1.29 bits per heavy atom. The Morgan fingerprint density at radius 3 is 2.82 bits per heavy atom. The summed E-state index contributed by atoms with van der Waals surface area (Å²) in [7, 11) is 1.86. The van der Waals surface area contributed by atoms with E-state index in [0.717, 1.165) is 37.4 Å². The van der Waals surface area contributed by atoms with Crippen LogP contribution in [0.15, 0.2) is 18.2 Å². The predicted molar refractivity (Wildman–Crippen MR) is 70.2 cm³/mol. The topological polar surface area (TPSA) is 57.2 Å². The molecule has 0 aliphatic heterocycles. The zero-order valence-electron chi connectivity index (χ0n) is 10.3. The molecule has 17 heavy (non-hydrogen) atoms. The van der Waals surface area contributed by atoms with Crippen LogP contribution in [0.4, 0.5) is 11.6 Å². The van der Waals surface area contributed by atoms with E-state index in [4.69, 9.17) is 0 Å². The number of aromatic nitrogens is 1. The molecule has 0 spiro atoms. The highest BCUT2D eigenvalue weighted by molar-refractivity contribution is 5.44.